The Hall–Kier alpha value is -1.55. The second-order valence-electron chi connectivity index (χ2n) is 3.77. The Morgan fingerprint density at radius 1 is 1.44 bits per heavy atom. The molecule has 16 heavy (non-hydrogen) atoms. The molecular formula is C12H17NO3. The molecule has 1 aromatic carbocycles. The van der Waals surface area contributed by atoms with Gasteiger partial charge in [-0.25, -0.2) is 0 Å². The first-order valence-corrected chi connectivity index (χ1v) is 5.10. The van der Waals surface area contributed by atoms with E-state index >= 15 is 0 Å². The molecule has 0 aliphatic heterocycles. The number of methoxy groups -OCH3 is 1. The van der Waals surface area contributed by atoms with Gasteiger partial charge in [-0.15, -0.1) is 0 Å². The molecule has 0 aromatic heterocycles. The molecule has 0 saturated carbocycles. The van der Waals surface area contributed by atoms with Crippen LogP contribution in [-0.4, -0.2) is 24.2 Å². The number of carbonyl (C=O) groups excluding carboxylic acids is 1. The second kappa shape index (κ2) is 4.99. The Balaban J connectivity index is 2.91. The third kappa shape index (κ3) is 2.52. The van der Waals surface area contributed by atoms with Crippen molar-refractivity contribution in [3.63, 3.8) is 0 Å². The lowest BCUT2D eigenvalue weighted by atomic mass is 10.1. The van der Waals surface area contributed by atoms with Crippen LogP contribution in [0.5, 0.6) is 5.75 Å². The van der Waals surface area contributed by atoms with Crippen molar-refractivity contribution >= 4 is 11.6 Å². The van der Waals surface area contributed by atoms with Gasteiger partial charge >= 0.3 is 0 Å². The minimum atomic E-state index is -0.511. The summed E-state index contributed by atoms with van der Waals surface area (Å²) in [5.74, 6) is -0.0169. The van der Waals surface area contributed by atoms with Gasteiger partial charge in [0, 0.05) is 18.4 Å². The smallest absolute Gasteiger partial charge is 0.253 e. The highest BCUT2D eigenvalue weighted by Crippen LogP contribution is 2.28. The van der Waals surface area contributed by atoms with Crippen LogP contribution in [0, 0.1) is 13.8 Å². The molecule has 1 unspecified atom stereocenters. The van der Waals surface area contributed by atoms with Crippen molar-refractivity contribution in [3.8, 4) is 5.75 Å². The first-order chi connectivity index (χ1) is 7.47. The maximum absolute atomic E-state index is 11.6. The number of ether oxygens (including phenoxy) is 1. The number of rotatable bonds is 3. The van der Waals surface area contributed by atoms with Crippen LogP contribution in [0.15, 0.2) is 12.1 Å². The van der Waals surface area contributed by atoms with Gasteiger partial charge in [0.1, 0.15) is 11.9 Å². The molecule has 0 spiro atoms. The normalized spacial score (nSPS) is 12.2. The van der Waals surface area contributed by atoms with Gasteiger partial charge in [-0.1, -0.05) is 6.07 Å². The van der Waals surface area contributed by atoms with Crippen molar-refractivity contribution in [2.75, 3.05) is 12.4 Å². The van der Waals surface area contributed by atoms with E-state index in [0.29, 0.717) is 11.3 Å². The summed E-state index contributed by atoms with van der Waals surface area (Å²) in [5, 5.41) is 12.4. The van der Waals surface area contributed by atoms with E-state index in [9.17, 15) is 9.90 Å². The number of hydrogen-bond acceptors (Lipinski definition) is 3. The van der Waals surface area contributed by atoms with Crippen LogP contribution in [0.3, 0.4) is 0 Å². The number of carbonyl (C=O) groups is 1. The van der Waals surface area contributed by atoms with Gasteiger partial charge in [-0.3, -0.25) is 4.79 Å². The molecule has 0 aliphatic carbocycles. The third-order valence-corrected chi connectivity index (χ3v) is 2.61. The van der Waals surface area contributed by atoms with Crippen LogP contribution < -0.4 is 5.32 Å². The van der Waals surface area contributed by atoms with E-state index in [1.807, 2.05) is 6.92 Å². The van der Waals surface area contributed by atoms with Gasteiger partial charge in [0.05, 0.1) is 0 Å². The molecule has 0 fully saturated rings. The maximum atomic E-state index is 11.6. The Morgan fingerprint density at radius 2 is 2.06 bits per heavy atom. The fourth-order valence-corrected chi connectivity index (χ4v) is 1.31. The summed E-state index contributed by atoms with van der Waals surface area (Å²) in [4.78, 5) is 11.6. The number of hydrogen-bond donors (Lipinski definition) is 2. The van der Waals surface area contributed by atoms with Gasteiger partial charge in [0.2, 0.25) is 0 Å². The Kier molecular flexibility index (Phi) is 3.90. The highest BCUT2D eigenvalue weighted by atomic mass is 16.5. The molecule has 1 aromatic rings. The molecule has 0 heterocycles. The van der Waals surface area contributed by atoms with Crippen molar-refractivity contribution in [1.29, 1.82) is 0 Å². The van der Waals surface area contributed by atoms with Crippen molar-refractivity contribution in [3.05, 3.63) is 23.3 Å². The number of phenols is 1. The highest BCUT2D eigenvalue weighted by Gasteiger charge is 2.14. The number of anilines is 1. The molecule has 88 valence electrons. The first kappa shape index (κ1) is 12.5. The minimum Gasteiger partial charge on any atom is -0.507 e. The third-order valence-electron chi connectivity index (χ3n) is 2.61. The van der Waals surface area contributed by atoms with E-state index in [-0.39, 0.29) is 11.7 Å². The predicted octanol–water partition coefficient (Wildman–Crippen LogP) is 1.98. The molecule has 4 nitrogen and oxygen atoms in total. The molecule has 1 amide bonds. The average Bonchev–Trinajstić information content (AvgIpc) is 2.28. The second-order valence-corrected chi connectivity index (χ2v) is 3.77. The lowest BCUT2D eigenvalue weighted by Crippen LogP contribution is -2.26. The number of nitrogens with one attached hydrogen (secondary N) is 1. The van der Waals surface area contributed by atoms with E-state index in [2.05, 4.69) is 5.32 Å². The molecule has 0 saturated heterocycles. The lowest BCUT2D eigenvalue weighted by Gasteiger charge is -2.14. The van der Waals surface area contributed by atoms with Crippen molar-refractivity contribution < 1.29 is 14.6 Å². The molecule has 0 bridgehead atoms. The van der Waals surface area contributed by atoms with Gasteiger partial charge in [-0.05, 0) is 32.4 Å². The molecule has 0 radical (unpaired) electrons. The minimum absolute atomic E-state index is 0.211. The van der Waals surface area contributed by atoms with E-state index < -0.39 is 6.10 Å². The molecular weight excluding hydrogens is 206 g/mol. The van der Waals surface area contributed by atoms with Gasteiger partial charge in [-0.2, -0.15) is 0 Å². The summed E-state index contributed by atoms with van der Waals surface area (Å²) >= 11 is 0. The fraction of sp³-hybridized carbons (Fsp3) is 0.417. The summed E-state index contributed by atoms with van der Waals surface area (Å²) in [6.07, 6.45) is -0.511. The molecule has 0 aliphatic rings. The highest BCUT2D eigenvalue weighted by molar-refractivity contribution is 5.94. The molecule has 4 heteroatoms. The maximum Gasteiger partial charge on any atom is 0.253 e. The van der Waals surface area contributed by atoms with Gasteiger partial charge in [0.25, 0.3) is 5.91 Å². The zero-order valence-electron chi connectivity index (χ0n) is 10.00. The molecule has 2 N–H and O–H groups in total. The summed E-state index contributed by atoms with van der Waals surface area (Å²) in [5.41, 5.74) is 2.06. The number of phenolic OH excluding ortho intramolecular Hbond substituents is 1. The largest absolute Gasteiger partial charge is 0.507 e. The van der Waals surface area contributed by atoms with Crippen LogP contribution in [0.2, 0.25) is 0 Å². The van der Waals surface area contributed by atoms with Crippen LogP contribution >= 0.6 is 0 Å². The Bertz CT molecular complexity index is 401. The quantitative estimate of drug-likeness (QED) is 0.823. The van der Waals surface area contributed by atoms with Crippen LogP contribution in [0.25, 0.3) is 0 Å². The molecule has 1 atom stereocenters. The van der Waals surface area contributed by atoms with Gasteiger partial charge < -0.3 is 15.2 Å². The van der Waals surface area contributed by atoms with Crippen molar-refractivity contribution in [2.24, 2.45) is 0 Å². The number of aryl methyl sites for hydroxylation is 1. The average molecular weight is 223 g/mol. The zero-order valence-corrected chi connectivity index (χ0v) is 10.00. The van der Waals surface area contributed by atoms with Crippen molar-refractivity contribution in [2.45, 2.75) is 26.9 Å². The Morgan fingerprint density at radius 3 is 2.62 bits per heavy atom. The summed E-state index contributed by atoms with van der Waals surface area (Å²) in [6.45, 7) is 5.24. The van der Waals surface area contributed by atoms with E-state index in [4.69, 9.17) is 4.74 Å². The van der Waals surface area contributed by atoms with E-state index in [1.54, 1.807) is 26.0 Å². The van der Waals surface area contributed by atoms with Crippen molar-refractivity contribution in [1.82, 2.24) is 0 Å². The zero-order chi connectivity index (χ0) is 12.3. The van der Waals surface area contributed by atoms with Crippen LogP contribution in [0.1, 0.15) is 18.1 Å². The topological polar surface area (TPSA) is 58.6 Å². The molecule has 1 rings (SSSR count). The van der Waals surface area contributed by atoms with Crippen LogP contribution in [-0.2, 0) is 9.53 Å². The standard InChI is InChI=1S/C12H17NO3/c1-7-5-6-10(8(2)11(7)14)13-12(15)9(3)16-4/h5-6,9,14H,1-4H3,(H,13,15). The number of benzene rings is 1. The summed E-state index contributed by atoms with van der Waals surface area (Å²) in [6, 6.07) is 3.53. The number of aromatic hydroxyl groups is 1. The summed E-state index contributed by atoms with van der Waals surface area (Å²) < 4.78 is 4.90. The first-order valence-electron chi connectivity index (χ1n) is 5.10. The monoisotopic (exact) mass is 223 g/mol. The fourth-order valence-electron chi connectivity index (χ4n) is 1.31. The SMILES string of the molecule is COC(C)C(=O)Nc1ccc(C)c(O)c1C. The van der Waals surface area contributed by atoms with Gasteiger partial charge in [0.15, 0.2) is 0 Å². The van der Waals surface area contributed by atoms with E-state index in [0.717, 1.165) is 5.56 Å². The van der Waals surface area contributed by atoms with E-state index in [1.165, 1.54) is 7.11 Å². The van der Waals surface area contributed by atoms with Crippen LogP contribution in [0.4, 0.5) is 5.69 Å². The Labute approximate surface area is 95.2 Å². The predicted molar refractivity (Wildman–Crippen MR) is 62.7 cm³/mol. The number of amides is 1. The summed E-state index contributed by atoms with van der Waals surface area (Å²) in [7, 11) is 1.48. The lowest BCUT2D eigenvalue weighted by molar-refractivity contribution is -0.124.